The van der Waals surface area contributed by atoms with Crippen molar-refractivity contribution >= 4 is 17.8 Å². The minimum absolute atomic E-state index is 0.290. The van der Waals surface area contributed by atoms with E-state index in [1.165, 1.54) is 24.3 Å². The van der Waals surface area contributed by atoms with Crippen LogP contribution in [0.2, 0.25) is 0 Å². The van der Waals surface area contributed by atoms with Gasteiger partial charge in [-0.2, -0.15) is 0 Å². The second-order valence-corrected chi connectivity index (χ2v) is 3.32. The topological polar surface area (TPSA) is 115 Å². The van der Waals surface area contributed by atoms with Gasteiger partial charge in [0.2, 0.25) is 5.76 Å². The van der Waals surface area contributed by atoms with Crippen LogP contribution in [0.5, 0.6) is 11.5 Å². The summed E-state index contributed by atoms with van der Waals surface area (Å²) in [6.07, 6.45) is 2.87. The molecule has 6 nitrogen and oxygen atoms in total. The van der Waals surface area contributed by atoms with Crippen LogP contribution in [0, 0.1) is 0 Å². The van der Waals surface area contributed by atoms with Gasteiger partial charge in [0, 0.05) is 6.08 Å². The lowest BCUT2D eigenvalue weighted by molar-refractivity contribution is -0.135. The van der Waals surface area contributed by atoms with Gasteiger partial charge in [-0.05, 0) is 23.8 Å². The lowest BCUT2D eigenvalue weighted by Crippen LogP contribution is -2.01. The van der Waals surface area contributed by atoms with Crippen molar-refractivity contribution in [1.29, 1.82) is 0 Å². The number of ketones is 1. The van der Waals surface area contributed by atoms with Crippen LogP contribution in [0.1, 0.15) is 5.56 Å². The Morgan fingerprint density at radius 3 is 2.28 bits per heavy atom. The average Bonchev–Trinajstić information content (AvgIpc) is 2.30. The van der Waals surface area contributed by atoms with Crippen molar-refractivity contribution in [3.8, 4) is 11.5 Å². The quantitative estimate of drug-likeness (QED) is 0.362. The van der Waals surface area contributed by atoms with E-state index in [-0.39, 0.29) is 11.5 Å². The van der Waals surface area contributed by atoms with Crippen molar-refractivity contribution in [2.45, 2.75) is 0 Å². The third kappa shape index (κ3) is 3.67. The van der Waals surface area contributed by atoms with Crippen LogP contribution in [0.4, 0.5) is 0 Å². The van der Waals surface area contributed by atoms with E-state index >= 15 is 0 Å². The highest BCUT2D eigenvalue weighted by atomic mass is 16.4. The number of aliphatic carboxylic acids is 1. The molecule has 0 heterocycles. The van der Waals surface area contributed by atoms with Crippen LogP contribution >= 0.6 is 0 Å². The Kier molecular flexibility index (Phi) is 4.09. The summed E-state index contributed by atoms with van der Waals surface area (Å²) in [5.41, 5.74) is 0.432. The third-order valence-corrected chi connectivity index (χ3v) is 1.94. The first-order valence-corrected chi connectivity index (χ1v) is 4.78. The number of aromatic hydroxyl groups is 2. The van der Waals surface area contributed by atoms with Gasteiger partial charge in [0.15, 0.2) is 17.3 Å². The second-order valence-electron chi connectivity index (χ2n) is 3.32. The Morgan fingerprint density at radius 2 is 1.72 bits per heavy atom. The molecule has 0 fully saturated rings. The minimum atomic E-state index is -1.60. The number of hydrogen-bond donors (Lipinski definition) is 4. The molecule has 18 heavy (non-hydrogen) atoms. The maximum Gasteiger partial charge on any atom is 0.371 e. The number of allylic oxidation sites excluding steroid dienone is 2. The summed E-state index contributed by atoms with van der Waals surface area (Å²) in [5, 5.41) is 35.4. The first-order valence-electron chi connectivity index (χ1n) is 4.78. The Labute approximate surface area is 102 Å². The summed E-state index contributed by atoms with van der Waals surface area (Å²) >= 11 is 0. The fourth-order valence-electron chi connectivity index (χ4n) is 1.07. The van der Waals surface area contributed by atoms with Crippen molar-refractivity contribution in [3.63, 3.8) is 0 Å². The highest BCUT2D eigenvalue weighted by Gasteiger charge is 2.05. The zero-order chi connectivity index (χ0) is 13.7. The van der Waals surface area contributed by atoms with Gasteiger partial charge in [-0.25, -0.2) is 4.79 Å². The fraction of sp³-hybridized carbons (Fsp3) is 0. The van der Waals surface area contributed by atoms with Gasteiger partial charge >= 0.3 is 5.97 Å². The lowest BCUT2D eigenvalue weighted by atomic mass is 10.1. The van der Waals surface area contributed by atoms with E-state index in [9.17, 15) is 14.7 Å². The number of carboxylic acids is 1. The normalized spacial score (nSPS) is 11.7. The summed E-state index contributed by atoms with van der Waals surface area (Å²) in [6, 6.07) is 3.91. The number of aliphatic hydroxyl groups excluding tert-OH is 1. The number of phenols is 2. The Bertz CT molecular complexity index is 541. The molecule has 0 unspecified atom stereocenters. The predicted molar refractivity (Wildman–Crippen MR) is 62.2 cm³/mol. The zero-order valence-electron chi connectivity index (χ0n) is 9.07. The number of carboxylic acid groups (broad SMARTS) is 1. The van der Waals surface area contributed by atoms with Gasteiger partial charge in [0.05, 0.1) is 0 Å². The van der Waals surface area contributed by atoms with Gasteiger partial charge in [-0.3, -0.25) is 4.79 Å². The van der Waals surface area contributed by atoms with Crippen LogP contribution in [-0.2, 0) is 9.59 Å². The number of hydrogen-bond acceptors (Lipinski definition) is 5. The van der Waals surface area contributed by atoms with Crippen LogP contribution in [0.25, 0.3) is 6.08 Å². The summed E-state index contributed by atoms with van der Waals surface area (Å²) in [7, 11) is 0. The third-order valence-electron chi connectivity index (χ3n) is 1.94. The molecule has 0 atom stereocenters. The van der Waals surface area contributed by atoms with Crippen molar-refractivity contribution in [2.75, 3.05) is 0 Å². The maximum absolute atomic E-state index is 11.2. The van der Waals surface area contributed by atoms with Crippen LogP contribution in [0.15, 0.2) is 36.1 Å². The van der Waals surface area contributed by atoms with E-state index in [4.69, 9.17) is 15.3 Å². The molecule has 0 amide bonds. The highest BCUT2D eigenvalue weighted by Crippen LogP contribution is 2.25. The van der Waals surface area contributed by atoms with E-state index in [0.29, 0.717) is 11.6 Å². The minimum Gasteiger partial charge on any atom is -0.504 e. The fourth-order valence-corrected chi connectivity index (χ4v) is 1.07. The predicted octanol–water partition coefficient (Wildman–Crippen LogP) is 1.21. The molecule has 1 aromatic carbocycles. The number of benzene rings is 1. The Balaban J connectivity index is 2.81. The molecular formula is C12H10O6. The zero-order valence-corrected chi connectivity index (χ0v) is 9.07. The molecule has 0 radical (unpaired) electrons. The van der Waals surface area contributed by atoms with Gasteiger partial charge in [0.1, 0.15) is 0 Å². The molecule has 0 aliphatic heterocycles. The largest absolute Gasteiger partial charge is 0.504 e. The first kappa shape index (κ1) is 13.3. The molecule has 0 saturated carbocycles. The smallest absolute Gasteiger partial charge is 0.371 e. The van der Waals surface area contributed by atoms with E-state index in [2.05, 4.69) is 0 Å². The van der Waals surface area contributed by atoms with Crippen LogP contribution in [-0.4, -0.2) is 32.2 Å². The van der Waals surface area contributed by atoms with E-state index in [1.807, 2.05) is 0 Å². The maximum atomic E-state index is 11.2. The van der Waals surface area contributed by atoms with E-state index in [1.54, 1.807) is 0 Å². The number of aliphatic hydroxyl groups is 1. The number of phenolic OH excluding ortho intramolecular Hbond substituents is 2. The number of carbonyl (C=O) groups excluding carboxylic acids is 1. The Morgan fingerprint density at radius 1 is 1.06 bits per heavy atom. The van der Waals surface area contributed by atoms with Crippen molar-refractivity contribution in [2.24, 2.45) is 0 Å². The summed E-state index contributed by atoms with van der Waals surface area (Å²) in [5.74, 6) is -4.00. The average molecular weight is 250 g/mol. The van der Waals surface area contributed by atoms with Gasteiger partial charge < -0.3 is 20.4 Å². The Hall–Kier alpha value is -2.76. The highest BCUT2D eigenvalue weighted by molar-refractivity contribution is 6.05. The monoisotopic (exact) mass is 250 g/mol. The molecule has 4 N–H and O–H groups in total. The molecule has 0 aliphatic rings. The van der Waals surface area contributed by atoms with Gasteiger partial charge in [-0.15, -0.1) is 0 Å². The molecule has 94 valence electrons. The summed E-state index contributed by atoms with van der Waals surface area (Å²) < 4.78 is 0. The van der Waals surface area contributed by atoms with E-state index < -0.39 is 17.5 Å². The molecule has 1 aromatic rings. The van der Waals surface area contributed by atoms with Crippen molar-refractivity contribution in [3.05, 3.63) is 41.7 Å². The lowest BCUT2D eigenvalue weighted by Gasteiger charge is -1.97. The molecule has 0 bridgehead atoms. The molecule has 6 heteroatoms. The second kappa shape index (κ2) is 5.53. The molecule has 0 spiro atoms. The molecule has 1 rings (SSSR count). The molecule has 0 aliphatic carbocycles. The van der Waals surface area contributed by atoms with E-state index in [0.717, 1.165) is 6.08 Å². The standard InChI is InChI=1S/C12H10O6/c13-8(6-11(16)12(17)18)3-1-7-2-4-9(14)10(15)5-7/h1-6,14-16H,(H,17,18)/b3-1+,11-6+. The molecular weight excluding hydrogens is 240 g/mol. The first-order chi connectivity index (χ1) is 8.40. The molecule has 0 saturated heterocycles. The SMILES string of the molecule is O=C(/C=C/c1ccc(O)c(O)c1)/C=C(/O)C(=O)O. The van der Waals surface area contributed by atoms with Crippen LogP contribution < -0.4 is 0 Å². The summed E-state index contributed by atoms with van der Waals surface area (Å²) in [6.45, 7) is 0. The molecule has 0 aromatic heterocycles. The van der Waals surface area contributed by atoms with Gasteiger partial charge in [-0.1, -0.05) is 12.1 Å². The number of carbonyl (C=O) groups is 2. The van der Waals surface area contributed by atoms with Crippen molar-refractivity contribution < 1.29 is 30.0 Å². The number of rotatable bonds is 4. The van der Waals surface area contributed by atoms with Crippen LogP contribution in [0.3, 0.4) is 0 Å². The van der Waals surface area contributed by atoms with Crippen molar-refractivity contribution in [1.82, 2.24) is 0 Å². The van der Waals surface area contributed by atoms with Gasteiger partial charge in [0.25, 0.3) is 0 Å². The summed E-state index contributed by atoms with van der Waals surface area (Å²) in [4.78, 5) is 21.4.